The normalized spacial score (nSPS) is 10.8. The van der Waals surface area contributed by atoms with Crippen molar-refractivity contribution in [3.05, 3.63) is 30.2 Å². The van der Waals surface area contributed by atoms with Crippen molar-refractivity contribution in [2.45, 2.75) is 13.3 Å². The monoisotopic (exact) mass is 163 g/mol. The number of aromatic nitrogens is 2. The predicted octanol–water partition coefficient (Wildman–Crippen LogP) is 1.26. The summed E-state index contributed by atoms with van der Waals surface area (Å²) in [7, 11) is 0. The number of pyridine rings is 1. The first-order chi connectivity index (χ1) is 5.81. The maximum atomic E-state index is 9.26. The van der Waals surface area contributed by atoms with Gasteiger partial charge in [-0.15, -0.1) is 0 Å². The van der Waals surface area contributed by atoms with Crippen LogP contribution in [0.25, 0.3) is 10.9 Å². The highest BCUT2D eigenvalue weighted by molar-refractivity contribution is 5.80. The standard InChI is InChI=1S/C9H10N2O/c1-2-7-5-11(12)6-8-3-4-10-9(7)8/h3-6,12H,2H2,1H3/p+1. The van der Waals surface area contributed by atoms with Gasteiger partial charge in [-0.1, -0.05) is 6.92 Å². The maximum absolute atomic E-state index is 9.26. The van der Waals surface area contributed by atoms with Crippen molar-refractivity contribution in [3.63, 3.8) is 0 Å². The number of nitrogens with one attached hydrogen (secondary N) is 1. The predicted molar refractivity (Wildman–Crippen MR) is 45.1 cm³/mol. The second kappa shape index (κ2) is 2.52. The van der Waals surface area contributed by atoms with Crippen molar-refractivity contribution in [1.82, 2.24) is 4.98 Å². The van der Waals surface area contributed by atoms with E-state index in [1.165, 1.54) is 0 Å². The Bertz CT molecular complexity index is 406. The minimum Gasteiger partial charge on any atom is -0.361 e. The smallest absolute Gasteiger partial charge is 0.231 e. The zero-order valence-corrected chi connectivity index (χ0v) is 6.91. The first kappa shape index (κ1) is 7.16. The summed E-state index contributed by atoms with van der Waals surface area (Å²) in [6, 6.07) is 1.95. The molecule has 0 unspecified atom stereocenters. The summed E-state index contributed by atoms with van der Waals surface area (Å²) in [6.07, 6.45) is 6.20. The van der Waals surface area contributed by atoms with Crippen molar-refractivity contribution < 1.29 is 9.94 Å². The zero-order valence-electron chi connectivity index (χ0n) is 6.91. The molecule has 3 heteroatoms. The molecule has 12 heavy (non-hydrogen) atoms. The molecule has 0 radical (unpaired) electrons. The second-order valence-corrected chi connectivity index (χ2v) is 2.83. The number of hydrogen-bond acceptors (Lipinski definition) is 1. The van der Waals surface area contributed by atoms with Crippen LogP contribution in [0.1, 0.15) is 12.5 Å². The van der Waals surface area contributed by atoms with Gasteiger partial charge in [0.05, 0.1) is 10.9 Å². The van der Waals surface area contributed by atoms with Crippen LogP contribution < -0.4 is 4.73 Å². The van der Waals surface area contributed by atoms with Crippen molar-refractivity contribution in [3.8, 4) is 0 Å². The highest BCUT2D eigenvalue weighted by Crippen LogP contribution is 2.14. The lowest BCUT2D eigenvalue weighted by Crippen LogP contribution is -2.29. The van der Waals surface area contributed by atoms with Crippen LogP contribution in [-0.4, -0.2) is 10.2 Å². The Morgan fingerprint density at radius 3 is 3.08 bits per heavy atom. The van der Waals surface area contributed by atoms with Crippen molar-refractivity contribution in [2.24, 2.45) is 0 Å². The van der Waals surface area contributed by atoms with Gasteiger partial charge in [0.25, 0.3) is 0 Å². The van der Waals surface area contributed by atoms with Gasteiger partial charge < -0.3 is 4.98 Å². The van der Waals surface area contributed by atoms with Gasteiger partial charge in [0.1, 0.15) is 0 Å². The third-order valence-corrected chi connectivity index (χ3v) is 2.04. The first-order valence-corrected chi connectivity index (χ1v) is 4.02. The van der Waals surface area contributed by atoms with Crippen molar-refractivity contribution >= 4 is 10.9 Å². The topological polar surface area (TPSA) is 39.9 Å². The molecule has 0 spiro atoms. The molecule has 0 aliphatic carbocycles. The van der Waals surface area contributed by atoms with E-state index in [1.54, 1.807) is 12.4 Å². The summed E-state index contributed by atoms with van der Waals surface area (Å²) in [6.45, 7) is 2.07. The average Bonchev–Trinajstić information content (AvgIpc) is 2.50. The second-order valence-electron chi connectivity index (χ2n) is 2.83. The molecule has 0 amide bonds. The Kier molecular flexibility index (Phi) is 1.50. The average molecular weight is 163 g/mol. The molecule has 62 valence electrons. The molecule has 2 aromatic heterocycles. The molecule has 0 saturated heterocycles. The number of fused-ring (bicyclic) bond motifs is 1. The van der Waals surface area contributed by atoms with E-state index < -0.39 is 0 Å². The van der Waals surface area contributed by atoms with E-state index >= 15 is 0 Å². The number of aromatic amines is 1. The molecule has 2 N–H and O–H groups in total. The van der Waals surface area contributed by atoms with Crippen LogP contribution in [0.5, 0.6) is 0 Å². The fraction of sp³-hybridized carbons (Fsp3) is 0.222. The summed E-state index contributed by atoms with van der Waals surface area (Å²) >= 11 is 0. The lowest BCUT2D eigenvalue weighted by molar-refractivity contribution is -0.904. The van der Waals surface area contributed by atoms with E-state index in [9.17, 15) is 5.21 Å². The van der Waals surface area contributed by atoms with Gasteiger partial charge in [0, 0.05) is 16.5 Å². The number of rotatable bonds is 1. The van der Waals surface area contributed by atoms with Gasteiger partial charge in [-0.25, -0.2) is 0 Å². The molecular formula is C9H11N2O+. The van der Waals surface area contributed by atoms with Crippen LogP contribution in [0.15, 0.2) is 24.7 Å². The molecule has 0 fully saturated rings. The molecule has 0 bridgehead atoms. The number of H-pyrrole nitrogens is 1. The largest absolute Gasteiger partial charge is 0.361 e. The molecule has 0 aliphatic heterocycles. The third kappa shape index (κ3) is 0.942. The Morgan fingerprint density at radius 2 is 2.33 bits per heavy atom. The number of nitrogens with zero attached hydrogens (tertiary/aromatic N) is 1. The van der Waals surface area contributed by atoms with Gasteiger partial charge >= 0.3 is 0 Å². The number of hydrogen-bond donors (Lipinski definition) is 2. The van der Waals surface area contributed by atoms with E-state index in [2.05, 4.69) is 11.9 Å². The Morgan fingerprint density at radius 1 is 1.50 bits per heavy atom. The van der Waals surface area contributed by atoms with E-state index in [0.717, 1.165) is 27.6 Å². The molecule has 0 aliphatic rings. The van der Waals surface area contributed by atoms with Gasteiger partial charge in [-0.3, -0.25) is 5.21 Å². The van der Waals surface area contributed by atoms with Gasteiger partial charge in [-0.2, -0.15) is 0 Å². The van der Waals surface area contributed by atoms with E-state index in [1.807, 2.05) is 12.3 Å². The third-order valence-electron chi connectivity index (χ3n) is 2.04. The summed E-state index contributed by atoms with van der Waals surface area (Å²) in [4.78, 5) is 3.14. The molecule has 2 aromatic rings. The van der Waals surface area contributed by atoms with Crippen LogP contribution in [-0.2, 0) is 6.42 Å². The Balaban J connectivity index is 2.80. The highest BCUT2D eigenvalue weighted by Gasteiger charge is 2.07. The maximum Gasteiger partial charge on any atom is 0.231 e. The minimum absolute atomic E-state index is 0.915. The first-order valence-electron chi connectivity index (χ1n) is 4.02. The summed E-state index contributed by atoms with van der Waals surface area (Å²) in [5, 5.41) is 10.3. The molecular weight excluding hydrogens is 152 g/mol. The molecule has 0 saturated carbocycles. The fourth-order valence-electron chi connectivity index (χ4n) is 1.44. The zero-order chi connectivity index (χ0) is 8.55. The van der Waals surface area contributed by atoms with Crippen molar-refractivity contribution in [1.29, 1.82) is 0 Å². The summed E-state index contributed by atoms with van der Waals surface area (Å²) in [5.74, 6) is 0. The Hall–Kier alpha value is -1.51. The van der Waals surface area contributed by atoms with Crippen LogP contribution >= 0.6 is 0 Å². The lowest BCUT2D eigenvalue weighted by Gasteiger charge is -1.94. The van der Waals surface area contributed by atoms with Crippen LogP contribution in [0.4, 0.5) is 0 Å². The Labute approximate surface area is 70.2 Å². The SMILES string of the molecule is CCc1c[n+](O)cc2cc[nH]c12. The van der Waals surface area contributed by atoms with Crippen molar-refractivity contribution in [2.75, 3.05) is 0 Å². The quantitative estimate of drug-likeness (QED) is 0.482. The minimum atomic E-state index is 0.915. The molecule has 0 aromatic carbocycles. The lowest BCUT2D eigenvalue weighted by atomic mass is 10.2. The van der Waals surface area contributed by atoms with E-state index in [-0.39, 0.29) is 0 Å². The van der Waals surface area contributed by atoms with E-state index in [4.69, 9.17) is 0 Å². The molecule has 0 atom stereocenters. The summed E-state index contributed by atoms with van der Waals surface area (Å²) in [5.41, 5.74) is 2.24. The fourth-order valence-corrected chi connectivity index (χ4v) is 1.44. The van der Waals surface area contributed by atoms with Gasteiger partial charge in [0.15, 0.2) is 0 Å². The highest BCUT2D eigenvalue weighted by atomic mass is 16.5. The molecule has 3 nitrogen and oxygen atoms in total. The van der Waals surface area contributed by atoms with Gasteiger partial charge in [0.2, 0.25) is 12.4 Å². The van der Waals surface area contributed by atoms with Crippen LogP contribution in [0.3, 0.4) is 0 Å². The number of aryl methyl sites for hydroxylation is 1. The van der Waals surface area contributed by atoms with Crippen LogP contribution in [0.2, 0.25) is 0 Å². The van der Waals surface area contributed by atoms with E-state index in [0.29, 0.717) is 0 Å². The molecule has 2 heterocycles. The van der Waals surface area contributed by atoms with Gasteiger partial charge in [-0.05, 0) is 12.5 Å². The molecule has 2 rings (SSSR count). The summed E-state index contributed by atoms with van der Waals surface area (Å²) < 4.78 is 1.11. The van der Waals surface area contributed by atoms with Crippen LogP contribution in [0, 0.1) is 0 Å².